The molecule has 8 nitrogen and oxygen atoms in total. The van der Waals surface area contributed by atoms with Crippen molar-refractivity contribution in [2.75, 3.05) is 21.3 Å². The fraction of sp³-hybridized carbons (Fsp3) is 0.150. The summed E-state index contributed by atoms with van der Waals surface area (Å²) < 4.78 is 34.8. The van der Waals surface area contributed by atoms with Crippen LogP contribution in [-0.2, 0) is 0 Å². The van der Waals surface area contributed by atoms with E-state index in [-0.39, 0.29) is 22.7 Å². The Kier molecular flexibility index (Phi) is 4.63. The molecule has 4 aromatic rings. The zero-order valence-electron chi connectivity index (χ0n) is 15.8. The second-order valence-electron chi connectivity index (χ2n) is 6.06. The first-order valence-electron chi connectivity index (χ1n) is 8.51. The summed E-state index contributed by atoms with van der Waals surface area (Å²) >= 11 is 0. The average molecular weight is 397 g/mol. The van der Waals surface area contributed by atoms with Crippen LogP contribution >= 0.6 is 0 Å². The predicted molar refractivity (Wildman–Crippen MR) is 103 cm³/mol. The SMILES string of the molecule is COc1cc(-c2noc(-c3c[nH]c4ccc(F)cc4c3=O)n2)cc(OC)c1OC. The molecule has 0 saturated heterocycles. The standard InChI is InChI=1S/C20H16FN3O5/c1-26-15-6-10(7-16(27-2)18(15)28-3)19-23-20(29-24-19)13-9-22-14-5-4-11(21)8-12(14)17(13)25/h4-9H,1-3H3,(H,22,25). The zero-order valence-corrected chi connectivity index (χ0v) is 15.8. The maximum absolute atomic E-state index is 13.5. The number of H-pyrrole nitrogens is 1. The van der Waals surface area contributed by atoms with Crippen molar-refractivity contribution < 1.29 is 23.1 Å². The molecule has 0 radical (unpaired) electrons. The average Bonchev–Trinajstić information content (AvgIpc) is 3.23. The molecule has 0 aliphatic carbocycles. The van der Waals surface area contributed by atoms with E-state index < -0.39 is 11.2 Å². The van der Waals surface area contributed by atoms with Gasteiger partial charge in [-0.3, -0.25) is 4.79 Å². The Morgan fingerprint density at radius 3 is 2.41 bits per heavy atom. The van der Waals surface area contributed by atoms with Crippen molar-refractivity contribution in [2.24, 2.45) is 0 Å². The first-order chi connectivity index (χ1) is 14.0. The van der Waals surface area contributed by atoms with Crippen LogP contribution in [0.4, 0.5) is 4.39 Å². The Bertz CT molecular complexity index is 1240. The summed E-state index contributed by atoms with van der Waals surface area (Å²) in [4.78, 5) is 20.0. The maximum atomic E-state index is 13.5. The van der Waals surface area contributed by atoms with E-state index in [0.717, 1.165) is 6.07 Å². The predicted octanol–water partition coefficient (Wildman–Crippen LogP) is 3.41. The molecule has 1 N–H and O–H groups in total. The molecule has 148 valence electrons. The molecular weight excluding hydrogens is 381 g/mol. The monoisotopic (exact) mass is 397 g/mol. The Morgan fingerprint density at radius 2 is 1.76 bits per heavy atom. The molecule has 0 amide bonds. The van der Waals surface area contributed by atoms with Crippen LogP contribution in [0, 0.1) is 5.82 Å². The second kappa shape index (κ2) is 7.27. The van der Waals surface area contributed by atoms with Gasteiger partial charge in [-0.15, -0.1) is 0 Å². The number of halogens is 1. The van der Waals surface area contributed by atoms with Gasteiger partial charge >= 0.3 is 0 Å². The van der Waals surface area contributed by atoms with Crippen LogP contribution in [0.1, 0.15) is 0 Å². The van der Waals surface area contributed by atoms with Crippen LogP contribution < -0.4 is 19.6 Å². The van der Waals surface area contributed by atoms with Gasteiger partial charge in [0.15, 0.2) is 11.5 Å². The summed E-state index contributed by atoms with van der Waals surface area (Å²) in [5.41, 5.74) is 0.759. The highest BCUT2D eigenvalue weighted by Gasteiger charge is 2.19. The molecule has 2 heterocycles. The number of aromatic nitrogens is 3. The fourth-order valence-corrected chi connectivity index (χ4v) is 3.01. The molecule has 4 rings (SSSR count). The summed E-state index contributed by atoms with van der Waals surface area (Å²) in [6, 6.07) is 7.25. The minimum absolute atomic E-state index is 0.00108. The van der Waals surface area contributed by atoms with Gasteiger partial charge in [0.2, 0.25) is 17.0 Å². The Balaban J connectivity index is 1.81. The first kappa shape index (κ1) is 18.5. The minimum atomic E-state index is -0.510. The highest BCUT2D eigenvalue weighted by Crippen LogP contribution is 2.40. The third-order valence-corrected chi connectivity index (χ3v) is 4.42. The van der Waals surface area contributed by atoms with Crippen molar-refractivity contribution in [3.8, 4) is 40.1 Å². The number of nitrogens with one attached hydrogen (secondary N) is 1. The number of methoxy groups -OCH3 is 3. The van der Waals surface area contributed by atoms with Gasteiger partial charge in [0, 0.05) is 22.7 Å². The first-order valence-corrected chi connectivity index (χ1v) is 8.51. The highest BCUT2D eigenvalue weighted by molar-refractivity contribution is 5.82. The maximum Gasteiger partial charge on any atom is 0.263 e. The molecule has 0 fully saturated rings. The number of aromatic amines is 1. The van der Waals surface area contributed by atoms with Gasteiger partial charge in [0.05, 0.1) is 21.3 Å². The molecule has 9 heteroatoms. The quantitative estimate of drug-likeness (QED) is 0.551. The van der Waals surface area contributed by atoms with Gasteiger partial charge in [-0.2, -0.15) is 4.98 Å². The Labute approximate surface area is 163 Å². The molecular formula is C20H16FN3O5. The van der Waals surface area contributed by atoms with Crippen LogP contribution in [0.15, 0.2) is 45.8 Å². The van der Waals surface area contributed by atoms with Gasteiger partial charge in [-0.05, 0) is 30.3 Å². The Morgan fingerprint density at radius 1 is 1.03 bits per heavy atom. The number of nitrogens with zero attached hydrogens (tertiary/aromatic N) is 2. The van der Waals surface area contributed by atoms with Gasteiger partial charge < -0.3 is 23.7 Å². The van der Waals surface area contributed by atoms with E-state index in [9.17, 15) is 9.18 Å². The summed E-state index contributed by atoms with van der Waals surface area (Å²) in [5, 5.41) is 4.13. The highest BCUT2D eigenvalue weighted by atomic mass is 19.1. The van der Waals surface area contributed by atoms with E-state index in [0.29, 0.717) is 28.3 Å². The lowest BCUT2D eigenvalue weighted by molar-refractivity contribution is 0.324. The summed E-state index contributed by atoms with van der Waals surface area (Å²) in [5.74, 6) is 0.984. The number of fused-ring (bicyclic) bond motifs is 1. The topological polar surface area (TPSA) is 99.5 Å². The molecule has 0 unspecified atom stereocenters. The minimum Gasteiger partial charge on any atom is -0.493 e. The van der Waals surface area contributed by atoms with Crippen molar-refractivity contribution >= 4 is 10.9 Å². The normalized spacial score (nSPS) is 10.9. The van der Waals surface area contributed by atoms with E-state index in [1.54, 1.807) is 12.1 Å². The van der Waals surface area contributed by atoms with Crippen LogP contribution in [0.25, 0.3) is 33.7 Å². The van der Waals surface area contributed by atoms with Gasteiger partial charge in [-0.1, -0.05) is 5.16 Å². The molecule has 0 aliphatic heterocycles. The lowest BCUT2D eigenvalue weighted by atomic mass is 10.1. The molecule has 29 heavy (non-hydrogen) atoms. The largest absolute Gasteiger partial charge is 0.493 e. The molecule has 0 saturated carbocycles. The lowest BCUT2D eigenvalue weighted by Gasteiger charge is -2.12. The van der Waals surface area contributed by atoms with Crippen LogP contribution in [0.5, 0.6) is 17.2 Å². The van der Waals surface area contributed by atoms with E-state index in [4.69, 9.17) is 18.7 Å². The third kappa shape index (κ3) is 3.16. The number of pyridine rings is 1. The van der Waals surface area contributed by atoms with Crippen molar-refractivity contribution in [3.05, 3.63) is 52.6 Å². The van der Waals surface area contributed by atoms with Gasteiger partial charge in [0.25, 0.3) is 5.89 Å². The second-order valence-corrected chi connectivity index (χ2v) is 6.06. The van der Waals surface area contributed by atoms with Crippen molar-refractivity contribution in [3.63, 3.8) is 0 Å². The summed E-state index contributed by atoms with van der Waals surface area (Å²) in [6.07, 6.45) is 1.45. The Hall–Kier alpha value is -3.88. The molecule has 0 spiro atoms. The smallest absolute Gasteiger partial charge is 0.263 e. The molecule has 0 aliphatic rings. The number of benzene rings is 2. The number of hydrogen-bond donors (Lipinski definition) is 1. The fourth-order valence-electron chi connectivity index (χ4n) is 3.01. The van der Waals surface area contributed by atoms with Crippen molar-refractivity contribution in [1.29, 1.82) is 0 Å². The molecule has 2 aromatic heterocycles. The lowest BCUT2D eigenvalue weighted by Crippen LogP contribution is -2.06. The van der Waals surface area contributed by atoms with E-state index >= 15 is 0 Å². The van der Waals surface area contributed by atoms with Gasteiger partial charge in [0.1, 0.15) is 11.4 Å². The number of ether oxygens (including phenoxy) is 3. The van der Waals surface area contributed by atoms with E-state index in [2.05, 4.69) is 15.1 Å². The van der Waals surface area contributed by atoms with Crippen LogP contribution in [0.2, 0.25) is 0 Å². The van der Waals surface area contributed by atoms with Crippen LogP contribution in [0.3, 0.4) is 0 Å². The number of hydrogen-bond acceptors (Lipinski definition) is 7. The molecule has 0 atom stereocenters. The van der Waals surface area contributed by atoms with E-state index in [1.807, 2.05) is 0 Å². The summed E-state index contributed by atoms with van der Waals surface area (Å²) in [6.45, 7) is 0. The van der Waals surface area contributed by atoms with E-state index in [1.165, 1.54) is 39.7 Å². The van der Waals surface area contributed by atoms with Crippen molar-refractivity contribution in [1.82, 2.24) is 15.1 Å². The van der Waals surface area contributed by atoms with Gasteiger partial charge in [-0.25, -0.2) is 4.39 Å². The number of rotatable bonds is 5. The molecule has 2 aromatic carbocycles. The zero-order chi connectivity index (χ0) is 20.5. The van der Waals surface area contributed by atoms with Crippen LogP contribution in [-0.4, -0.2) is 36.5 Å². The third-order valence-electron chi connectivity index (χ3n) is 4.42. The van der Waals surface area contributed by atoms with Crippen molar-refractivity contribution in [2.45, 2.75) is 0 Å². The molecule has 0 bridgehead atoms. The summed E-state index contributed by atoms with van der Waals surface area (Å²) in [7, 11) is 4.49.